The average molecular weight is 484 g/mol. The third-order valence-electron chi connectivity index (χ3n) is 5.43. The third-order valence-corrected chi connectivity index (χ3v) is 5.43. The minimum Gasteiger partial charge on any atom is -0.493 e. The standard InChI is InChI=1S/C25H33N5O5/c1-16-15-29(11-12-30(16)24(32)35-25(2,3)4)23(31)18(26)14-22-27-10-9-19(28-22)17-7-8-20(33-5)21(13-17)34-6/h7-10,13-14,16H,11-12,15,26H2,1-6H3/b18-14-/t16-/m0/s1. The highest BCUT2D eigenvalue weighted by Gasteiger charge is 2.33. The zero-order valence-electron chi connectivity index (χ0n) is 21.1. The van der Waals surface area contributed by atoms with Crippen molar-refractivity contribution in [1.29, 1.82) is 0 Å². The maximum absolute atomic E-state index is 13.0. The minimum absolute atomic E-state index is 0.0207. The van der Waals surface area contributed by atoms with Crippen LogP contribution in [-0.2, 0) is 9.53 Å². The van der Waals surface area contributed by atoms with Gasteiger partial charge in [0.15, 0.2) is 17.3 Å². The lowest BCUT2D eigenvalue weighted by molar-refractivity contribution is -0.129. The molecule has 2 heterocycles. The number of amides is 2. The van der Waals surface area contributed by atoms with Crippen LogP contribution in [0.25, 0.3) is 17.3 Å². The molecule has 1 aliphatic heterocycles. The van der Waals surface area contributed by atoms with E-state index in [0.717, 1.165) is 5.56 Å². The van der Waals surface area contributed by atoms with E-state index in [-0.39, 0.29) is 23.7 Å². The van der Waals surface area contributed by atoms with Crippen LogP contribution >= 0.6 is 0 Å². The first-order valence-electron chi connectivity index (χ1n) is 11.3. The summed E-state index contributed by atoms with van der Waals surface area (Å²) in [5.74, 6) is 1.17. The summed E-state index contributed by atoms with van der Waals surface area (Å²) in [5, 5.41) is 0. The van der Waals surface area contributed by atoms with Gasteiger partial charge in [-0.25, -0.2) is 14.8 Å². The van der Waals surface area contributed by atoms with Crippen molar-refractivity contribution < 1.29 is 23.8 Å². The van der Waals surface area contributed by atoms with Crippen LogP contribution in [-0.4, -0.2) is 77.3 Å². The SMILES string of the molecule is COc1ccc(-c2ccnc(/C=C(\N)C(=O)N3CCN(C(=O)OC(C)(C)C)[C@@H](C)C3)n2)cc1OC. The molecule has 0 spiro atoms. The Balaban J connectivity index is 1.71. The number of rotatable bonds is 5. The molecule has 1 aromatic carbocycles. The van der Waals surface area contributed by atoms with Gasteiger partial charge < -0.3 is 29.7 Å². The smallest absolute Gasteiger partial charge is 0.410 e. The molecule has 0 radical (unpaired) electrons. The molecule has 2 aromatic rings. The Morgan fingerprint density at radius 3 is 2.46 bits per heavy atom. The minimum atomic E-state index is -0.581. The second kappa shape index (κ2) is 10.6. The lowest BCUT2D eigenvalue weighted by Gasteiger charge is -2.40. The van der Waals surface area contributed by atoms with E-state index in [9.17, 15) is 9.59 Å². The van der Waals surface area contributed by atoms with Crippen molar-refractivity contribution in [3.8, 4) is 22.8 Å². The number of aromatic nitrogens is 2. The summed E-state index contributed by atoms with van der Waals surface area (Å²) in [7, 11) is 3.14. The summed E-state index contributed by atoms with van der Waals surface area (Å²) in [6, 6.07) is 7.02. The normalized spacial score (nSPS) is 16.6. The summed E-state index contributed by atoms with van der Waals surface area (Å²) in [5.41, 5.74) is 7.01. The predicted molar refractivity (Wildman–Crippen MR) is 132 cm³/mol. The zero-order valence-corrected chi connectivity index (χ0v) is 21.1. The van der Waals surface area contributed by atoms with Gasteiger partial charge in [-0.3, -0.25) is 4.79 Å². The van der Waals surface area contributed by atoms with Crippen molar-refractivity contribution >= 4 is 18.1 Å². The van der Waals surface area contributed by atoms with Crippen LogP contribution in [0, 0.1) is 0 Å². The molecule has 0 bridgehead atoms. The van der Waals surface area contributed by atoms with Crippen molar-refractivity contribution in [1.82, 2.24) is 19.8 Å². The second-order valence-electron chi connectivity index (χ2n) is 9.24. The fourth-order valence-electron chi connectivity index (χ4n) is 3.72. The van der Waals surface area contributed by atoms with Gasteiger partial charge in [0.05, 0.1) is 19.9 Å². The first kappa shape index (κ1) is 25.8. The summed E-state index contributed by atoms with van der Waals surface area (Å²) >= 11 is 0. The van der Waals surface area contributed by atoms with Gasteiger partial charge in [0, 0.05) is 43.5 Å². The summed E-state index contributed by atoms with van der Waals surface area (Å²) in [4.78, 5) is 37.4. The van der Waals surface area contributed by atoms with E-state index in [0.29, 0.717) is 42.7 Å². The number of ether oxygens (including phenoxy) is 3. The molecule has 1 saturated heterocycles. The summed E-state index contributed by atoms with van der Waals surface area (Å²) in [6.07, 6.45) is 2.67. The van der Waals surface area contributed by atoms with Crippen LogP contribution < -0.4 is 15.2 Å². The van der Waals surface area contributed by atoms with Gasteiger partial charge in [-0.05, 0) is 52.0 Å². The first-order chi connectivity index (χ1) is 16.5. The fourth-order valence-corrected chi connectivity index (χ4v) is 3.72. The Morgan fingerprint density at radius 2 is 1.83 bits per heavy atom. The second-order valence-corrected chi connectivity index (χ2v) is 9.24. The Hall–Kier alpha value is -3.82. The first-order valence-corrected chi connectivity index (χ1v) is 11.3. The van der Waals surface area contributed by atoms with Crippen molar-refractivity contribution in [2.75, 3.05) is 33.9 Å². The van der Waals surface area contributed by atoms with E-state index in [1.807, 2.05) is 39.8 Å². The number of hydrogen-bond acceptors (Lipinski definition) is 8. The molecule has 1 aromatic heterocycles. The molecule has 1 aliphatic rings. The molecule has 10 heteroatoms. The number of carbonyl (C=O) groups is 2. The number of nitrogens with zero attached hydrogens (tertiary/aromatic N) is 4. The molecule has 1 fully saturated rings. The molecule has 2 N–H and O–H groups in total. The van der Waals surface area contributed by atoms with E-state index < -0.39 is 5.60 Å². The van der Waals surface area contributed by atoms with E-state index in [4.69, 9.17) is 19.9 Å². The van der Waals surface area contributed by atoms with Gasteiger partial charge in [0.2, 0.25) is 0 Å². The van der Waals surface area contributed by atoms with Crippen LogP contribution in [0.4, 0.5) is 4.79 Å². The number of piperazine rings is 1. The highest BCUT2D eigenvalue weighted by molar-refractivity contribution is 5.96. The third kappa shape index (κ3) is 6.40. The molecular weight excluding hydrogens is 450 g/mol. The molecule has 2 amide bonds. The Morgan fingerprint density at radius 1 is 1.11 bits per heavy atom. The Bertz CT molecular complexity index is 1110. The number of nitrogens with two attached hydrogens (primary N) is 1. The quantitative estimate of drug-likeness (QED) is 0.645. The molecule has 0 aliphatic carbocycles. The molecule has 3 rings (SSSR count). The Labute approximate surface area is 205 Å². The van der Waals surface area contributed by atoms with Gasteiger partial charge >= 0.3 is 6.09 Å². The topological polar surface area (TPSA) is 120 Å². The van der Waals surface area contributed by atoms with Crippen LogP contribution in [0.3, 0.4) is 0 Å². The van der Waals surface area contributed by atoms with Gasteiger partial charge in [-0.1, -0.05) is 0 Å². The maximum atomic E-state index is 13.0. The summed E-state index contributed by atoms with van der Waals surface area (Å²) < 4.78 is 16.1. The highest BCUT2D eigenvalue weighted by Crippen LogP contribution is 2.31. The molecule has 10 nitrogen and oxygen atoms in total. The monoisotopic (exact) mass is 483 g/mol. The Kier molecular flexibility index (Phi) is 7.83. The molecule has 1 atom stereocenters. The zero-order chi connectivity index (χ0) is 25.8. The van der Waals surface area contributed by atoms with Crippen molar-refractivity contribution in [2.24, 2.45) is 5.73 Å². The summed E-state index contributed by atoms with van der Waals surface area (Å²) in [6.45, 7) is 8.40. The van der Waals surface area contributed by atoms with Gasteiger partial charge in [0.1, 0.15) is 11.3 Å². The number of hydrogen-bond donors (Lipinski definition) is 1. The average Bonchev–Trinajstić information content (AvgIpc) is 2.81. The molecule has 35 heavy (non-hydrogen) atoms. The number of methoxy groups -OCH3 is 2. The molecule has 0 unspecified atom stereocenters. The lowest BCUT2D eigenvalue weighted by atomic mass is 10.1. The van der Waals surface area contributed by atoms with E-state index in [2.05, 4.69) is 9.97 Å². The van der Waals surface area contributed by atoms with Gasteiger partial charge in [0.25, 0.3) is 5.91 Å². The predicted octanol–water partition coefficient (Wildman–Crippen LogP) is 2.93. The van der Waals surface area contributed by atoms with Gasteiger partial charge in [-0.15, -0.1) is 0 Å². The maximum Gasteiger partial charge on any atom is 0.410 e. The molecule has 0 saturated carbocycles. The molecule has 188 valence electrons. The van der Waals surface area contributed by atoms with E-state index >= 15 is 0 Å². The largest absolute Gasteiger partial charge is 0.493 e. The van der Waals surface area contributed by atoms with E-state index in [1.165, 1.54) is 6.08 Å². The van der Waals surface area contributed by atoms with Crippen molar-refractivity contribution in [3.05, 3.63) is 42.0 Å². The lowest BCUT2D eigenvalue weighted by Crippen LogP contribution is -2.56. The van der Waals surface area contributed by atoms with E-state index in [1.54, 1.807) is 42.3 Å². The van der Waals surface area contributed by atoms with Crippen LogP contribution in [0.15, 0.2) is 36.2 Å². The van der Waals surface area contributed by atoms with Gasteiger partial charge in [-0.2, -0.15) is 0 Å². The number of benzene rings is 1. The fraction of sp³-hybridized carbons (Fsp3) is 0.440. The highest BCUT2D eigenvalue weighted by atomic mass is 16.6. The van der Waals surface area contributed by atoms with Crippen molar-refractivity contribution in [3.63, 3.8) is 0 Å². The van der Waals surface area contributed by atoms with Crippen LogP contribution in [0.5, 0.6) is 11.5 Å². The molecular formula is C25H33N5O5. The van der Waals surface area contributed by atoms with Crippen LogP contribution in [0.1, 0.15) is 33.5 Å². The van der Waals surface area contributed by atoms with Crippen LogP contribution in [0.2, 0.25) is 0 Å². The number of carbonyl (C=O) groups excluding carboxylic acids is 2. The van der Waals surface area contributed by atoms with Crippen molar-refractivity contribution in [2.45, 2.75) is 39.3 Å².